The van der Waals surface area contributed by atoms with Crippen LogP contribution in [-0.4, -0.2) is 19.3 Å². The second kappa shape index (κ2) is 5.03. The quantitative estimate of drug-likeness (QED) is 0.828. The van der Waals surface area contributed by atoms with Crippen molar-refractivity contribution in [3.63, 3.8) is 0 Å². The molecule has 0 radical (unpaired) electrons. The summed E-state index contributed by atoms with van der Waals surface area (Å²) in [6, 6.07) is 3.84. The van der Waals surface area contributed by atoms with E-state index in [1.165, 1.54) is 0 Å². The van der Waals surface area contributed by atoms with E-state index in [0.717, 1.165) is 16.9 Å². The van der Waals surface area contributed by atoms with Gasteiger partial charge in [0.25, 0.3) is 0 Å². The molecule has 0 unspecified atom stereocenters. The molecule has 0 heterocycles. The first kappa shape index (κ1) is 11.9. The maximum absolute atomic E-state index is 9.16. The molecule has 0 aliphatic heterocycles. The van der Waals surface area contributed by atoms with E-state index < -0.39 is 0 Å². The van der Waals surface area contributed by atoms with E-state index >= 15 is 0 Å². The van der Waals surface area contributed by atoms with Crippen LogP contribution in [0.25, 0.3) is 0 Å². The Balaban J connectivity index is 3.34. The van der Waals surface area contributed by atoms with Crippen LogP contribution in [0.15, 0.2) is 12.1 Å². The highest BCUT2D eigenvalue weighted by Crippen LogP contribution is 2.38. The maximum atomic E-state index is 9.16. The number of hydrogen-bond acceptors (Lipinski definition) is 3. The van der Waals surface area contributed by atoms with Gasteiger partial charge in [-0.1, -0.05) is 26.0 Å². The summed E-state index contributed by atoms with van der Waals surface area (Å²) in [6.07, 6.45) is 0. The Bertz CT molecular complexity index is 332. The molecule has 15 heavy (non-hydrogen) atoms. The lowest BCUT2D eigenvalue weighted by Gasteiger charge is -2.17. The van der Waals surface area contributed by atoms with Gasteiger partial charge in [-0.2, -0.15) is 0 Å². The Morgan fingerprint density at radius 1 is 1.13 bits per heavy atom. The lowest BCUT2D eigenvalue weighted by Crippen LogP contribution is -2.01. The minimum absolute atomic E-state index is 0.0437. The fourth-order valence-corrected chi connectivity index (χ4v) is 1.63. The van der Waals surface area contributed by atoms with Crippen molar-refractivity contribution in [1.29, 1.82) is 0 Å². The number of ether oxygens (including phenoxy) is 2. The van der Waals surface area contributed by atoms with Gasteiger partial charge in [-0.25, -0.2) is 0 Å². The molecule has 0 amide bonds. The molecule has 0 saturated carbocycles. The second-order valence-corrected chi connectivity index (χ2v) is 3.69. The van der Waals surface area contributed by atoms with Crippen LogP contribution in [0, 0.1) is 0 Å². The van der Waals surface area contributed by atoms with Crippen molar-refractivity contribution in [2.45, 2.75) is 26.4 Å². The van der Waals surface area contributed by atoms with Gasteiger partial charge in [-0.05, 0) is 5.92 Å². The van der Waals surface area contributed by atoms with E-state index in [-0.39, 0.29) is 6.61 Å². The number of methoxy groups -OCH3 is 2. The highest BCUT2D eigenvalue weighted by atomic mass is 16.5. The summed E-state index contributed by atoms with van der Waals surface area (Å²) in [5.41, 5.74) is 1.84. The average Bonchev–Trinajstić information content (AvgIpc) is 2.26. The van der Waals surface area contributed by atoms with Gasteiger partial charge >= 0.3 is 0 Å². The van der Waals surface area contributed by atoms with Crippen molar-refractivity contribution in [2.75, 3.05) is 14.2 Å². The van der Waals surface area contributed by atoms with Crippen LogP contribution in [0.3, 0.4) is 0 Å². The zero-order chi connectivity index (χ0) is 11.4. The molecule has 3 heteroatoms. The first-order valence-electron chi connectivity index (χ1n) is 5.00. The Morgan fingerprint density at radius 3 is 2.13 bits per heavy atom. The van der Waals surface area contributed by atoms with Crippen LogP contribution in [0.2, 0.25) is 0 Å². The lowest BCUT2D eigenvalue weighted by molar-refractivity contribution is 0.269. The zero-order valence-corrected chi connectivity index (χ0v) is 9.70. The SMILES string of the molecule is COc1c(CO)ccc(C(C)C)c1OC. The summed E-state index contributed by atoms with van der Waals surface area (Å²) in [6.45, 7) is 4.14. The van der Waals surface area contributed by atoms with Gasteiger partial charge in [0.2, 0.25) is 0 Å². The van der Waals surface area contributed by atoms with Gasteiger partial charge in [0.1, 0.15) is 0 Å². The summed E-state index contributed by atoms with van der Waals surface area (Å²) >= 11 is 0. The summed E-state index contributed by atoms with van der Waals surface area (Å²) in [5.74, 6) is 1.71. The number of aliphatic hydroxyl groups excluding tert-OH is 1. The van der Waals surface area contributed by atoms with Gasteiger partial charge in [-0.15, -0.1) is 0 Å². The third-order valence-corrected chi connectivity index (χ3v) is 2.42. The van der Waals surface area contributed by atoms with Crippen molar-refractivity contribution in [2.24, 2.45) is 0 Å². The van der Waals surface area contributed by atoms with Gasteiger partial charge in [0.15, 0.2) is 11.5 Å². The summed E-state index contributed by atoms with van der Waals surface area (Å²) in [7, 11) is 3.20. The molecule has 1 aromatic rings. The summed E-state index contributed by atoms with van der Waals surface area (Å²) in [4.78, 5) is 0. The van der Waals surface area contributed by atoms with E-state index in [2.05, 4.69) is 13.8 Å². The normalized spacial score (nSPS) is 10.5. The molecule has 3 nitrogen and oxygen atoms in total. The first-order valence-corrected chi connectivity index (χ1v) is 5.00. The molecule has 0 atom stereocenters. The molecular weight excluding hydrogens is 192 g/mol. The predicted molar refractivity (Wildman–Crippen MR) is 59.6 cm³/mol. The monoisotopic (exact) mass is 210 g/mol. The molecule has 0 aliphatic rings. The minimum Gasteiger partial charge on any atom is -0.493 e. The van der Waals surface area contributed by atoms with Crippen LogP contribution in [-0.2, 0) is 6.61 Å². The van der Waals surface area contributed by atoms with Crippen LogP contribution in [0.1, 0.15) is 30.9 Å². The van der Waals surface area contributed by atoms with Crippen molar-refractivity contribution < 1.29 is 14.6 Å². The molecule has 1 aromatic carbocycles. The van der Waals surface area contributed by atoms with Crippen LogP contribution in [0.5, 0.6) is 11.5 Å². The van der Waals surface area contributed by atoms with Crippen LogP contribution >= 0.6 is 0 Å². The Morgan fingerprint density at radius 2 is 1.73 bits per heavy atom. The Kier molecular flexibility index (Phi) is 3.97. The molecule has 84 valence electrons. The first-order chi connectivity index (χ1) is 7.15. The zero-order valence-electron chi connectivity index (χ0n) is 9.70. The third kappa shape index (κ3) is 2.23. The molecular formula is C12H18O3. The topological polar surface area (TPSA) is 38.7 Å². The number of benzene rings is 1. The van der Waals surface area contributed by atoms with E-state index in [0.29, 0.717) is 11.7 Å². The van der Waals surface area contributed by atoms with Crippen molar-refractivity contribution >= 4 is 0 Å². The smallest absolute Gasteiger partial charge is 0.166 e. The van der Waals surface area contributed by atoms with E-state index in [1.807, 2.05) is 12.1 Å². The van der Waals surface area contributed by atoms with Crippen molar-refractivity contribution in [3.8, 4) is 11.5 Å². The standard InChI is InChI=1S/C12H18O3/c1-8(2)10-6-5-9(7-13)11(14-3)12(10)15-4/h5-6,8,13H,7H2,1-4H3. The van der Waals surface area contributed by atoms with E-state index in [9.17, 15) is 0 Å². The second-order valence-electron chi connectivity index (χ2n) is 3.69. The van der Waals surface area contributed by atoms with Crippen molar-refractivity contribution in [3.05, 3.63) is 23.3 Å². The predicted octanol–water partition coefficient (Wildman–Crippen LogP) is 2.32. The van der Waals surface area contributed by atoms with Gasteiger partial charge in [-0.3, -0.25) is 0 Å². The van der Waals surface area contributed by atoms with Gasteiger partial charge in [0, 0.05) is 11.1 Å². The maximum Gasteiger partial charge on any atom is 0.166 e. The lowest BCUT2D eigenvalue weighted by atomic mass is 9.99. The van der Waals surface area contributed by atoms with E-state index in [1.54, 1.807) is 14.2 Å². The highest BCUT2D eigenvalue weighted by molar-refractivity contribution is 5.52. The fourth-order valence-electron chi connectivity index (χ4n) is 1.63. The summed E-state index contributed by atoms with van der Waals surface area (Å²) in [5, 5.41) is 9.16. The minimum atomic E-state index is -0.0437. The van der Waals surface area contributed by atoms with Crippen LogP contribution < -0.4 is 9.47 Å². The van der Waals surface area contributed by atoms with Crippen molar-refractivity contribution in [1.82, 2.24) is 0 Å². The third-order valence-electron chi connectivity index (χ3n) is 2.42. The Hall–Kier alpha value is -1.22. The molecule has 1 N–H and O–H groups in total. The molecule has 0 spiro atoms. The molecule has 0 aliphatic carbocycles. The molecule has 0 bridgehead atoms. The summed E-state index contributed by atoms with van der Waals surface area (Å²) < 4.78 is 10.6. The largest absolute Gasteiger partial charge is 0.493 e. The number of hydrogen-bond donors (Lipinski definition) is 1. The molecule has 1 rings (SSSR count). The molecule has 0 aromatic heterocycles. The molecule has 0 fully saturated rings. The van der Waals surface area contributed by atoms with E-state index in [4.69, 9.17) is 14.6 Å². The molecule has 0 saturated heterocycles. The van der Waals surface area contributed by atoms with Gasteiger partial charge < -0.3 is 14.6 Å². The average molecular weight is 210 g/mol. The number of rotatable bonds is 4. The Labute approximate surface area is 90.6 Å². The number of aliphatic hydroxyl groups is 1. The van der Waals surface area contributed by atoms with Gasteiger partial charge in [0.05, 0.1) is 20.8 Å². The fraction of sp³-hybridized carbons (Fsp3) is 0.500. The van der Waals surface area contributed by atoms with Crippen LogP contribution in [0.4, 0.5) is 0 Å². The highest BCUT2D eigenvalue weighted by Gasteiger charge is 2.16.